The molecule has 0 saturated heterocycles. The van der Waals surface area contributed by atoms with Gasteiger partial charge in [0.15, 0.2) is 5.01 Å². The van der Waals surface area contributed by atoms with Gasteiger partial charge in [-0.25, -0.2) is 4.98 Å². The number of aromatic nitrogens is 1. The van der Waals surface area contributed by atoms with Crippen molar-refractivity contribution < 1.29 is 23.9 Å². The molecule has 0 aliphatic heterocycles. The first-order chi connectivity index (χ1) is 16.2. The van der Waals surface area contributed by atoms with Crippen molar-refractivity contribution in [3.8, 4) is 6.07 Å². The van der Waals surface area contributed by atoms with Crippen LogP contribution < -0.4 is 21.3 Å². The van der Waals surface area contributed by atoms with E-state index in [9.17, 15) is 19.2 Å². The van der Waals surface area contributed by atoms with Crippen LogP contribution in [0, 0.1) is 17.2 Å². The number of nitrogens with one attached hydrogen (secondary N) is 4. The van der Waals surface area contributed by atoms with Gasteiger partial charge in [0.1, 0.15) is 18.7 Å². The van der Waals surface area contributed by atoms with E-state index >= 15 is 0 Å². The van der Waals surface area contributed by atoms with Crippen molar-refractivity contribution in [2.75, 3.05) is 32.1 Å². The van der Waals surface area contributed by atoms with Gasteiger partial charge in [-0.3, -0.25) is 19.2 Å². The van der Waals surface area contributed by atoms with Crippen LogP contribution in [0.3, 0.4) is 0 Å². The molecule has 0 radical (unpaired) electrons. The van der Waals surface area contributed by atoms with Gasteiger partial charge in [-0.05, 0) is 30.5 Å². The molecule has 4 N–H and O–H groups in total. The van der Waals surface area contributed by atoms with Gasteiger partial charge in [0.25, 0.3) is 0 Å². The topological polar surface area (TPSA) is 162 Å². The zero-order chi connectivity index (χ0) is 25.1. The average molecular weight is 489 g/mol. The largest absolute Gasteiger partial charge is 0.375 e. The molecule has 1 atom stereocenters. The second-order valence-electron chi connectivity index (χ2n) is 7.86. The lowest BCUT2D eigenvalue weighted by Crippen LogP contribution is -2.49. The van der Waals surface area contributed by atoms with Crippen molar-refractivity contribution in [1.82, 2.24) is 20.9 Å². The highest BCUT2D eigenvalue weighted by molar-refractivity contribution is 7.19. The molecular weight excluding hydrogens is 460 g/mol. The van der Waals surface area contributed by atoms with Crippen LogP contribution >= 0.6 is 11.3 Å². The number of anilines is 1. The van der Waals surface area contributed by atoms with Gasteiger partial charge in [0.05, 0.1) is 16.8 Å². The number of fused-ring (bicyclic) bond motifs is 1. The third-order valence-corrected chi connectivity index (χ3v) is 5.42. The van der Waals surface area contributed by atoms with Crippen molar-refractivity contribution in [2.24, 2.45) is 5.92 Å². The lowest BCUT2D eigenvalue weighted by atomic mass is 10.0. The van der Waals surface area contributed by atoms with Crippen molar-refractivity contribution in [1.29, 1.82) is 5.26 Å². The fraction of sp³-hybridized carbons (Fsp3) is 0.455. The number of methoxy groups -OCH3 is 1. The van der Waals surface area contributed by atoms with E-state index in [1.165, 1.54) is 18.4 Å². The number of amides is 4. The molecule has 1 aromatic carbocycles. The Labute approximate surface area is 201 Å². The molecule has 1 unspecified atom stereocenters. The zero-order valence-electron chi connectivity index (χ0n) is 19.3. The molecule has 1 heterocycles. The molecule has 0 aliphatic carbocycles. The maximum absolute atomic E-state index is 12.6. The Morgan fingerprint density at radius 2 is 1.91 bits per heavy atom. The van der Waals surface area contributed by atoms with Crippen LogP contribution in [0.5, 0.6) is 0 Å². The maximum Gasteiger partial charge on any atom is 0.245 e. The van der Waals surface area contributed by atoms with Crippen molar-refractivity contribution in [2.45, 2.75) is 32.7 Å². The smallest absolute Gasteiger partial charge is 0.245 e. The number of nitrogens with zero attached hydrogens (tertiary/aromatic N) is 2. The molecule has 4 amide bonds. The first kappa shape index (κ1) is 26.7. The van der Waals surface area contributed by atoms with Gasteiger partial charge in [0, 0.05) is 25.8 Å². The number of hydrogen-bond donors (Lipinski definition) is 4. The minimum Gasteiger partial charge on any atom is -0.375 e. The second-order valence-corrected chi connectivity index (χ2v) is 8.89. The van der Waals surface area contributed by atoms with Gasteiger partial charge in [-0.15, -0.1) is 11.3 Å². The van der Waals surface area contributed by atoms with E-state index in [-0.39, 0.29) is 37.9 Å². The summed E-state index contributed by atoms with van der Waals surface area (Å²) >= 11 is 1.22. The summed E-state index contributed by atoms with van der Waals surface area (Å²) in [6.07, 6.45) is 0.393. The Morgan fingerprint density at radius 3 is 2.59 bits per heavy atom. The second kappa shape index (κ2) is 13.2. The minimum absolute atomic E-state index is 0.00534. The Hall–Kier alpha value is -3.56. The van der Waals surface area contributed by atoms with Crippen molar-refractivity contribution in [3.63, 3.8) is 0 Å². The number of ether oxygens (including phenoxy) is 1. The SMILES string of the molecule is COCC(=O)NCCC(=O)NC(CC(C)C)C(=O)NCC(=O)Nc1ccc2nc(C#N)sc2c1. The van der Waals surface area contributed by atoms with E-state index in [0.717, 1.165) is 4.70 Å². The summed E-state index contributed by atoms with van der Waals surface area (Å²) in [6.45, 7) is 3.57. The van der Waals surface area contributed by atoms with Gasteiger partial charge >= 0.3 is 0 Å². The van der Waals surface area contributed by atoms with E-state index in [1.54, 1.807) is 18.2 Å². The first-order valence-electron chi connectivity index (χ1n) is 10.6. The monoisotopic (exact) mass is 488 g/mol. The summed E-state index contributed by atoms with van der Waals surface area (Å²) in [5.41, 5.74) is 1.18. The molecule has 34 heavy (non-hydrogen) atoms. The van der Waals surface area contributed by atoms with Gasteiger partial charge < -0.3 is 26.0 Å². The Bertz CT molecular complexity index is 1080. The Balaban J connectivity index is 1.85. The predicted molar refractivity (Wildman–Crippen MR) is 127 cm³/mol. The normalized spacial score (nSPS) is 11.5. The fourth-order valence-electron chi connectivity index (χ4n) is 3.01. The highest BCUT2D eigenvalue weighted by Crippen LogP contribution is 2.24. The maximum atomic E-state index is 12.6. The lowest BCUT2D eigenvalue weighted by molar-refractivity contribution is -0.130. The van der Waals surface area contributed by atoms with Crippen LogP contribution in [0.4, 0.5) is 5.69 Å². The summed E-state index contributed by atoms with van der Waals surface area (Å²) in [5.74, 6) is -1.52. The Morgan fingerprint density at radius 1 is 1.15 bits per heavy atom. The number of thiazole rings is 1. The van der Waals surface area contributed by atoms with Crippen LogP contribution in [0.15, 0.2) is 18.2 Å². The number of rotatable bonds is 12. The minimum atomic E-state index is -0.812. The number of carbonyl (C=O) groups excluding carboxylic acids is 4. The van der Waals surface area contributed by atoms with E-state index in [0.29, 0.717) is 22.6 Å². The molecule has 1 aromatic heterocycles. The molecule has 2 aromatic rings. The summed E-state index contributed by atoms with van der Waals surface area (Å²) in [6, 6.07) is 6.25. The molecule has 0 fully saturated rings. The molecule has 0 spiro atoms. The zero-order valence-corrected chi connectivity index (χ0v) is 20.1. The molecule has 2 rings (SSSR count). The van der Waals surface area contributed by atoms with Crippen LogP contribution in [0.25, 0.3) is 10.2 Å². The standard InChI is InChI=1S/C22H28N6O5S/c1-13(2)8-16(27-18(29)6-7-24-20(31)12-33-3)22(32)25-11-19(30)26-14-4-5-15-17(9-14)34-21(10-23)28-15/h4-5,9,13,16H,6-8,11-12H2,1-3H3,(H,24,31)(H,25,32)(H,26,30)(H,27,29). The average Bonchev–Trinajstić information content (AvgIpc) is 3.19. The van der Waals surface area contributed by atoms with Crippen LogP contribution in [0.2, 0.25) is 0 Å². The van der Waals surface area contributed by atoms with Crippen molar-refractivity contribution >= 4 is 50.9 Å². The van der Waals surface area contributed by atoms with Crippen molar-refractivity contribution in [3.05, 3.63) is 23.2 Å². The van der Waals surface area contributed by atoms with Crippen LogP contribution in [-0.4, -0.2) is 61.5 Å². The quantitative estimate of drug-likeness (QED) is 0.345. The third kappa shape index (κ3) is 8.76. The van der Waals surface area contributed by atoms with Crippen LogP contribution in [-0.2, 0) is 23.9 Å². The fourth-order valence-corrected chi connectivity index (χ4v) is 3.82. The number of benzene rings is 1. The molecule has 11 nitrogen and oxygen atoms in total. The lowest BCUT2D eigenvalue weighted by Gasteiger charge is -2.20. The van der Waals surface area contributed by atoms with Gasteiger partial charge in [-0.1, -0.05) is 13.8 Å². The molecule has 0 aliphatic rings. The molecule has 0 bridgehead atoms. The van der Waals surface area contributed by atoms with E-state index in [1.807, 2.05) is 19.9 Å². The van der Waals surface area contributed by atoms with E-state index < -0.39 is 23.8 Å². The number of carbonyl (C=O) groups is 4. The summed E-state index contributed by atoms with van der Waals surface area (Å²) in [5, 5.41) is 19.7. The Kier molecular flexibility index (Phi) is 10.4. The van der Waals surface area contributed by atoms with E-state index in [2.05, 4.69) is 26.3 Å². The highest BCUT2D eigenvalue weighted by atomic mass is 32.1. The summed E-state index contributed by atoms with van der Waals surface area (Å²) < 4.78 is 5.46. The number of nitriles is 1. The third-order valence-electron chi connectivity index (χ3n) is 4.50. The molecule has 182 valence electrons. The molecule has 0 saturated carbocycles. The van der Waals surface area contributed by atoms with Crippen LogP contribution in [0.1, 0.15) is 31.7 Å². The molecule has 12 heteroatoms. The summed E-state index contributed by atoms with van der Waals surface area (Å²) in [7, 11) is 1.40. The van der Waals surface area contributed by atoms with Gasteiger partial charge in [0.2, 0.25) is 23.6 Å². The number of hydrogen-bond acceptors (Lipinski definition) is 8. The predicted octanol–water partition coefficient (Wildman–Crippen LogP) is 0.906. The first-order valence-corrected chi connectivity index (χ1v) is 11.5. The molecular formula is C22H28N6O5S. The van der Waals surface area contributed by atoms with E-state index in [4.69, 9.17) is 10.00 Å². The van der Waals surface area contributed by atoms with Gasteiger partial charge in [-0.2, -0.15) is 5.26 Å². The summed E-state index contributed by atoms with van der Waals surface area (Å²) in [4.78, 5) is 52.7. The highest BCUT2D eigenvalue weighted by Gasteiger charge is 2.22.